The lowest BCUT2D eigenvalue weighted by atomic mass is 10.1. The predicted molar refractivity (Wildman–Crippen MR) is 122 cm³/mol. The first-order valence-electron chi connectivity index (χ1n) is 10.5. The maximum Gasteiger partial charge on any atom is 0.241 e. The summed E-state index contributed by atoms with van der Waals surface area (Å²) in [6, 6.07) is 11.6. The van der Waals surface area contributed by atoms with E-state index < -0.39 is 10.0 Å². The number of piperazine rings is 1. The molecule has 0 spiro atoms. The summed E-state index contributed by atoms with van der Waals surface area (Å²) < 4.78 is 33.5. The van der Waals surface area contributed by atoms with Crippen molar-refractivity contribution in [2.75, 3.05) is 44.7 Å². The molecule has 1 N–H and O–H groups in total. The number of hydrogen-bond acceptors (Lipinski definition) is 5. The predicted octanol–water partition coefficient (Wildman–Crippen LogP) is 2.64. The van der Waals surface area contributed by atoms with Crippen LogP contribution < -0.4 is 14.4 Å². The average Bonchev–Trinajstić information content (AvgIpc) is 2.72. The highest BCUT2D eigenvalue weighted by Gasteiger charge is 2.24. The zero-order valence-electron chi connectivity index (χ0n) is 18.6. The van der Waals surface area contributed by atoms with Gasteiger partial charge in [-0.3, -0.25) is 4.79 Å². The van der Waals surface area contributed by atoms with E-state index in [0.717, 1.165) is 17.0 Å². The van der Waals surface area contributed by atoms with Gasteiger partial charge in [-0.1, -0.05) is 29.8 Å². The third-order valence-corrected chi connectivity index (χ3v) is 7.33. The number of carbonyl (C=O) groups is 1. The second-order valence-corrected chi connectivity index (χ2v) is 9.62. The summed E-state index contributed by atoms with van der Waals surface area (Å²) in [5.74, 6) is 0.776. The maximum absolute atomic E-state index is 12.7. The van der Waals surface area contributed by atoms with E-state index in [0.29, 0.717) is 42.2 Å². The van der Waals surface area contributed by atoms with Crippen LogP contribution in [0.1, 0.15) is 23.1 Å². The highest BCUT2D eigenvalue weighted by Crippen LogP contribution is 2.28. The Bertz CT molecular complexity index is 1020. The van der Waals surface area contributed by atoms with Crippen LogP contribution in [0.5, 0.6) is 5.75 Å². The van der Waals surface area contributed by atoms with Gasteiger partial charge >= 0.3 is 0 Å². The van der Waals surface area contributed by atoms with Crippen LogP contribution in [0.15, 0.2) is 41.3 Å². The van der Waals surface area contributed by atoms with Crippen LogP contribution in [0.3, 0.4) is 0 Å². The molecule has 3 rings (SSSR count). The van der Waals surface area contributed by atoms with Gasteiger partial charge in [0, 0.05) is 39.1 Å². The quantitative estimate of drug-likeness (QED) is 0.709. The van der Waals surface area contributed by atoms with E-state index in [-0.39, 0.29) is 18.9 Å². The molecular formula is C23H31N3O4S. The van der Waals surface area contributed by atoms with Gasteiger partial charge in [0.15, 0.2) is 0 Å². The number of hydrogen-bond donors (Lipinski definition) is 1. The van der Waals surface area contributed by atoms with Crippen molar-refractivity contribution in [2.24, 2.45) is 0 Å². The van der Waals surface area contributed by atoms with E-state index in [1.165, 1.54) is 0 Å². The molecule has 0 bridgehead atoms. The molecule has 0 unspecified atom stereocenters. The Morgan fingerprint density at radius 3 is 2.26 bits per heavy atom. The third kappa shape index (κ3) is 5.37. The van der Waals surface area contributed by atoms with E-state index in [9.17, 15) is 13.2 Å². The van der Waals surface area contributed by atoms with Crippen molar-refractivity contribution in [3.63, 3.8) is 0 Å². The zero-order valence-corrected chi connectivity index (χ0v) is 19.5. The van der Waals surface area contributed by atoms with Gasteiger partial charge < -0.3 is 14.5 Å². The fourth-order valence-electron chi connectivity index (χ4n) is 4.20. The molecule has 0 saturated carbocycles. The van der Waals surface area contributed by atoms with Gasteiger partial charge in [-0.2, -0.15) is 0 Å². The van der Waals surface area contributed by atoms with Crippen LogP contribution in [0.2, 0.25) is 0 Å². The Labute approximate surface area is 185 Å². The molecule has 168 valence electrons. The molecule has 0 aromatic heterocycles. The van der Waals surface area contributed by atoms with E-state index in [2.05, 4.69) is 9.62 Å². The molecule has 2 aromatic carbocycles. The molecule has 1 saturated heterocycles. The fraction of sp³-hybridized carbons (Fsp3) is 0.435. The summed E-state index contributed by atoms with van der Waals surface area (Å²) in [7, 11) is -2.01. The van der Waals surface area contributed by atoms with Gasteiger partial charge in [0.2, 0.25) is 15.9 Å². The van der Waals surface area contributed by atoms with Gasteiger partial charge in [-0.25, -0.2) is 13.1 Å². The lowest BCUT2D eigenvalue weighted by Gasteiger charge is -2.36. The minimum atomic E-state index is -3.66. The normalized spacial score (nSPS) is 14.6. The Kier molecular flexibility index (Phi) is 7.23. The number of nitrogens with one attached hydrogen (secondary N) is 1. The van der Waals surface area contributed by atoms with Gasteiger partial charge in [-0.05, 0) is 44.0 Å². The average molecular weight is 446 g/mol. The molecule has 8 heteroatoms. The van der Waals surface area contributed by atoms with Crippen molar-refractivity contribution >= 4 is 21.6 Å². The molecule has 1 heterocycles. The first-order valence-corrected chi connectivity index (χ1v) is 11.9. The number of carbonyl (C=O) groups excluding carboxylic acids is 1. The van der Waals surface area contributed by atoms with Crippen LogP contribution >= 0.6 is 0 Å². The Balaban J connectivity index is 1.53. The molecule has 1 aliphatic rings. The summed E-state index contributed by atoms with van der Waals surface area (Å²) in [6.07, 6.45) is 0.137. The molecular weight excluding hydrogens is 414 g/mol. The molecule has 2 aromatic rings. The van der Waals surface area contributed by atoms with Crippen LogP contribution in [0.4, 0.5) is 5.69 Å². The molecule has 1 aliphatic heterocycles. The number of ether oxygens (including phenoxy) is 1. The van der Waals surface area contributed by atoms with E-state index in [4.69, 9.17) is 4.74 Å². The van der Waals surface area contributed by atoms with Crippen LogP contribution in [0, 0.1) is 20.8 Å². The summed E-state index contributed by atoms with van der Waals surface area (Å²) in [6.45, 7) is 8.22. The van der Waals surface area contributed by atoms with E-state index in [1.807, 2.05) is 43.3 Å². The molecule has 31 heavy (non-hydrogen) atoms. The monoisotopic (exact) mass is 445 g/mol. The highest BCUT2D eigenvalue weighted by atomic mass is 32.2. The van der Waals surface area contributed by atoms with Crippen molar-refractivity contribution < 1.29 is 17.9 Å². The van der Waals surface area contributed by atoms with E-state index in [1.54, 1.807) is 25.9 Å². The molecule has 0 aliphatic carbocycles. The number of aryl methyl sites for hydroxylation is 3. The second-order valence-electron chi connectivity index (χ2n) is 7.92. The highest BCUT2D eigenvalue weighted by molar-refractivity contribution is 7.89. The number of rotatable bonds is 7. The lowest BCUT2D eigenvalue weighted by Crippen LogP contribution is -2.49. The van der Waals surface area contributed by atoms with Gasteiger partial charge in [0.05, 0.1) is 17.7 Å². The zero-order chi connectivity index (χ0) is 22.6. The molecule has 7 nitrogen and oxygen atoms in total. The Hall–Kier alpha value is -2.58. The largest absolute Gasteiger partial charge is 0.495 e. The van der Waals surface area contributed by atoms with Crippen molar-refractivity contribution in [3.05, 3.63) is 53.1 Å². The minimum Gasteiger partial charge on any atom is -0.495 e. The molecule has 0 radical (unpaired) electrons. The number of nitrogens with zero attached hydrogens (tertiary/aromatic N) is 2. The van der Waals surface area contributed by atoms with Crippen molar-refractivity contribution in [3.8, 4) is 5.75 Å². The molecule has 0 atom stereocenters. The van der Waals surface area contributed by atoms with Crippen LogP contribution in [-0.4, -0.2) is 59.1 Å². The van der Waals surface area contributed by atoms with Gasteiger partial charge in [0.25, 0.3) is 0 Å². The van der Waals surface area contributed by atoms with Crippen molar-refractivity contribution in [2.45, 2.75) is 32.1 Å². The number of para-hydroxylation sites is 2. The standard InChI is InChI=1S/C23H31N3O4S/c1-17-15-18(2)23(19(3)16-17)31(28,29)24-10-9-22(27)26-13-11-25(12-14-26)20-7-5-6-8-21(20)30-4/h5-8,15-16,24H,9-14H2,1-4H3. The van der Waals surface area contributed by atoms with Crippen LogP contribution in [-0.2, 0) is 14.8 Å². The first-order chi connectivity index (χ1) is 14.7. The Morgan fingerprint density at radius 1 is 1.03 bits per heavy atom. The number of methoxy groups -OCH3 is 1. The minimum absolute atomic E-state index is 0.0419. The SMILES string of the molecule is COc1ccccc1N1CCN(C(=O)CCNS(=O)(=O)c2c(C)cc(C)cc2C)CC1. The number of benzene rings is 2. The topological polar surface area (TPSA) is 79.0 Å². The number of anilines is 1. The van der Waals surface area contributed by atoms with Crippen molar-refractivity contribution in [1.82, 2.24) is 9.62 Å². The molecule has 1 fully saturated rings. The number of amides is 1. The van der Waals surface area contributed by atoms with Gasteiger partial charge in [0.1, 0.15) is 5.75 Å². The number of sulfonamides is 1. The van der Waals surface area contributed by atoms with Crippen molar-refractivity contribution in [1.29, 1.82) is 0 Å². The Morgan fingerprint density at radius 2 is 1.65 bits per heavy atom. The summed E-state index contributed by atoms with van der Waals surface area (Å²) in [5, 5.41) is 0. The summed E-state index contributed by atoms with van der Waals surface area (Å²) in [4.78, 5) is 16.9. The summed E-state index contributed by atoms with van der Waals surface area (Å²) >= 11 is 0. The fourth-order valence-corrected chi connectivity index (χ4v) is 5.68. The van der Waals surface area contributed by atoms with Gasteiger partial charge in [-0.15, -0.1) is 0 Å². The second kappa shape index (κ2) is 9.70. The van der Waals surface area contributed by atoms with E-state index >= 15 is 0 Å². The third-order valence-electron chi connectivity index (χ3n) is 5.56. The van der Waals surface area contributed by atoms with Crippen LogP contribution in [0.25, 0.3) is 0 Å². The molecule has 1 amide bonds. The lowest BCUT2D eigenvalue weighted by molar-refractivity contribution is -0.131. The maximum atomic E-state index is 12.7. The first kappa shape index (κ1) is 23.1. The summed E-state index contributed by atoms with van der Waals surface area (Å²) in [5.41, 5.74) is 3.47. The smallest absolute Gasteiger partial charge is 0.241 e.